The van der Waals surface area contributed by atoms with E-state index in [2.05, 4.69) is 0 Å². The maximum Gasteiger partial charge on any atom is 0.0824 e. The molecule has 2 aromatic carbocycles. The zero-order valence-corrected chi connectivity index (χ0v) is 9.66. The van der Waals surface area contributed by atoms with Crippen molar-refractivity contribution in [3.8, 4) is 0 Å². The quantitative estimate of drug-likeness (QED) is 0.837. The van der Waals surface area contributed by atoms with Gasteiger partial charge in [0.2, 0.25) is 0 Å². The van der Waals surface area contributed by atoms with Crippen molar-refractivity contribution < 1.29 is 5.11 Å². The minimum absolute atomic E-state index is 0.420. The molecule has 0 heterocycles. The maximum atomic E-state index is 9.95. The molecule has 0 amide bonds. The van der Waals surface area contributed by atoms with Gasteiger partial charge in [-0.05, 0) is 17.5 Å². The summed E-state index contributed by atoms with van der Waals surface area (Å²) in [6.07, 6.45) is 4.26. The molecule has 1 atom stereocenters. The van der Waals surface area contributed by atoms with E-state index in [-0.39, 0.29) is 0 Å². The number of hydrogen-bond donors (Lipinski definition) is 1. The molecular formula is C16H16O. The molecule has 1 N–H and O–H groups in total. The molecule has 86 valence electrons. The van der Waals surface area contributed by atoms with Gasteiger partial charge in [0.1, 0.15) is 0 Å². The van der Waals surface area contributed by atoms with Crippen molar-refractivity contribution in [2.24, 2.45) is 0 Å². The van der Waals surface area contributed by atoms with E-state index in [0.29, 0.717) is 6.42 Å². The SMILES string of the molecule is OC(C/C=C/c1ccccc1)c1ccccc1. The Morgan fingerprint density at radius 3 is 2.12 bits per heavy atom. The average molecular weight is 224 g/mol. The molecule has 1 heteroatoms. The van der Waals surface area contributed by atoms with E-state index in [0.717, 1.165) is 11.1 Å². The van der Waals surface area contributed by atoms with Gasteiger partial charge in [0.05, 0.1) is 6.10 Å². The Morgan fingerprint density at radius 2 is 1.47 bits per heavy atom. The van der Waals surface area contributed by atoms with Crippen LogP contribution in [-0.4, -0.2) is 5.11 Å². The Balaban J connectivity index is 1.93. The van der Waals surface area contributed by atoms with Crippen LogP contribution >= 0.6 is 0 Å². The summed E-state index contributed by atoms with van der Waals surface area (Å²) in [6.45, 7) is 0. The Bertz CT molecular complexity index is 459. The molecule has 0 aromatic heterocycles. The first kappa shape index (κ1) is 11.6. The van der Waals surface area contributed by atoms with Gasteiger partial charge in [-0.3, -0.25) is 0 Å². The van der Waals surface area contributed by atoms with E-state index in [1.54, 1.807) is 0 Å². The lowest BCUT2D eigenvalue weighted by atomic mass is 10.1. The molecule has 0 radical (unpaired) electrons. The third-order valence-electron chi connectivity index (χ3n) is 2.65. The Kier molecular flexibility index (Phi) is 4.11. The number of aliphatic hydroxyl groups excluding tert-OH is 1. The van der Waals surface area contributed by atoms with Crippen LogP contribution in [0.4, 0.5) is 0 Å². The van der Waals surface area contributed by atoms with Crippen LogP contribution in [0.15, 0.2) is 66.7 Å². The number of rotatable bonds is 4. The van der Waals surface area contributed by atoms with Crippen molar-refractivity contribution in [1.29, 1.82) is 0 Å². The smallest absolute Gasteiger partial charge is 0.0824 e. The molecule has 0 bridgehead atoms. The first-order valence-corrected chi connectivity index (χ1v) is 5.81. The fourth-order valence-corrected chi connectivity index (χ4v) is 1.71. The predicted octanol–water partition coefficient (Wildman–Crippen LogP) is 3.82. The average Bonchev–Trinajstić information content (AvgIpc) is 2.41. The van der Waals surface area contributed by atoms with Crippen LogP contribution in [0.5, 0.6) is 0 Å². The van der Waals surface area contributed by atoms with Gasteiger partial charge in [0.15, 0.2) is 0 Å². The third kappa shape index (κ3) is 3.58. The Morgan fingerprint density at radius 1 is 0.882 bits per heavy atom. The molecule has 0 aliphatic heterocycles. The molecule has 2 rings (SSSR count). The highest BCUT2D eigenvalue weighted by molar-refractivity contribution is 5.48. The third-order valence-corrected chi connectivity index (χ3v) is 2.65. The number of aliphatic hydroxyl groups is 1. The summed E-state index contributed by atoms with van der Waals surface area (Å²) in [4.78, 5) is 0. The monoisotopic (exact) mass is 224 g/mol. The van der Waals surface area contributed by atoms with E-state index in [4.69, 9.17) is 0 Å². The molecule has 0 saturated heterocycles. The van der Waals surface area contributed by atoms with Gasteiger partial charge in [-0.25, -0.2) is 0 Å². The van der Waals surface area contributed by atoms with E-state index >= 15 is 0 Å². The second kappa shape index (κ2) is 6.02. The molecule has 0 fully saturated rings. The van der Waals surface area contributed by atoms with Gasteiger partial charge in [-0.2, -0.15) is 0 Å². The van der Waals surface area contributed by atoms with Crippen LogP contribution < -0.4 is 0 Å². The molecule has 0 aliphatic carbocycles. The first-order valence-electron chi connectivity index (χ1n) is 5.81. The van der Waals surface area contributed by atoms with E-state index in [9.17, 15) is 5.11 Å². The molecule has 17 heavy (non-hydrogen) atoms. The Labute approximate surface area is 102 Å². The van der Waals surface area contributed by atoms with Gasteiger partial charge in [-0.15, -0.1) is 0 Å². The second-order valence-corrected chi connectivity index (χ2v) is 3.98. The van der Waals surface area contributed by atoms with Crippen molar-refractivity contribution >= 4 is 6.08 Å². The van der Waals surface area contributed by atoms with Crippen molar-refractivity contribution in [2.75, 3.05) is 0 Å². The van der Waals surface area contributed by atoms with Crippen LogP contribution in [0.3, 0.4) is 0 Å². The fourth-order valence-electron chi connectivity index (χ4n) is 1.71. The highest BCUT2D eigenvalue weighted by atomic mass is 16.3. The van der Waals surface area contributed by atoms with Crippen LogP contribution in [0.25, 0.3) is 6.08 Å². The highest BCUT2D eigenvalue weighted by Crippen LogP contribution is 2.16. The minimum Gasteiger partial charge on any atom is -0.388 e. The van der Waals surface area contributed by atoms with E-state index in [1.165, 1.54) is 0 Å². The van der Waals surface area contributed by atoms with Crippen LogP contribution in [0.2, 0.25) is 0 Å². The molecule has 0 spiro atoms. The number of hydrogen-bond acceptors (Lipinski definition) is 1. The summed E-state index contributed by atoms with van der Waals surface area (Å²) in [5.41, 5.74) is 2.12. The zero-order chi connectivity index (χ0) is 11.9. The normalized spacial score (nSPS) is 12.8. The lowest BCUT2D eigenvalue weighted by molar-refractivity contribution is 0.182. The number of benzene rings is 2. The summed E-state index contributed by atoms with van der Waals surface area (Å²) in [6, 6.07) is 19.8. The lowest BCUT2D eigenvalue weighted by Gasteiger charge is -2.07. The van der Waals surface area contributed by atoms with E-state index < -0.39 is 6.10 Å². The summed E-state index contributed by atoms with van der Waals surface area (Å²) in [7, 11) is 0. The topological polar surface area (TPSA) is 20.2 Å². The molecule has 1 unspecified atom stereocenters. The van der Waals surface area contributed by atoms with Crippen molar-refractivity contribution in [3.63, 3.8) is 0 Å². The van der Waals surface area contributed by atoms with Gasteiger partial charge >= 0.3 is 0 Å². The minimum atomic E-state index is -0.420. The molecule has 2 aromatic rings. The van der Waals surface area contributed by atoms with Crippen LogP contribution in [-0.2, 0) is 0 Å². The fraction of sp³-hybridized carbons (Fsp3) is 0.125. The van der Waals surface area contributed by atoms with Gasteiger partial charge in [-0.1, -0.05) is 72.8 Å². The molecule has 0 aliphatic rings. The van der Waals surface area contributed by atoms with Gasteiger partial charge < -0.3 is 5.11 Å². The molecule has 0 saturated carbocycles. The van der Waals surface area contributed by atoms with Crippen molar-refractivity contribution in [3.05, 3.63) is 77.9 Å². The lowest BCUT2D eigenvalue weighted by Crippen LogP contribution is -1.94. The van der Waals surface area contributed by atoms with Crippen molar-refractivity contribution in [2.45, 2.75) is 12.5 Å². The predicted molar refractivity (Wildman–Crippen MR) is 71.5 cm³/mol. The first-order chi connectivity index (χ1) is 8.36. The van der Waals surface area contributed by atoms with Gasteiger partial charge in [0.25, 0.3) is 0 Å². The summed E-state index contributed by atoms with van der Waals surface area (Å²) in [5.74, 6) is 0. The summed E-state index contributed by atoms with van der Waals surface area (Å²) in [5, 5.41) is 9.95. The largest absolute Gasteiger partial charge is 0.388 e. The zero-order valence-electron chi connectivity index (χ0n) is 9.66. The summed E-state index contributed by atoms with van der Waals surface area (Å²) < 4.78 is 0. The molecular weight excluding hydrogens is 208 g/mol. The maximum absolute atomic E-state index is 9.95. The van der Waals surface area contributed by atoms with Crippen LogP contribution in [0, 0.1) is 0 Å². The van der Waals surface area contributed by atoms with Crippen LogP contribution in [0.1, 0.15) is 23.7 Å². The Hall–Kier alpha value is -1.86. The van der Waals surface area contributed by atoms with Crippen molar-refractivity contribution in [1.82, 2.24) is 0 Å². The molecule has 1 nitrogen and oxygen atoms in total. The van der Waals surface area contributed by atoms with Gasteiger partial charge in [0, 0.05) is 0 Å². The second-order valence-electron chi connectivity index (χ2n) is 3.98. The summed E-state index contributed by atoms with van der Waals surface area (Å²) >= 11 is 0. The van der Waals surface area contributed by atoms with E-state index in [1.807, 2.05) is 72.8 Å². The highest BCUT2D eigenvalue weighted by Gasteiger charge is 2.03. The standard InChI is InChI=1S/C16H16O/c17-16(15-11-5-2-6-12-15)13-7-10-14-8-3-1-4-9-14/h1-12,16-17H,13H2/b10-7+.